The summed E-state index contributed by atoms with van der Waals surface area (Å²) in [5.74, 6) is -2.44. The third kappa shape index (κ3) is 4.55. The highest BCUT2D eigenvalue weighted by Gasteiger charge is 2.19. The number of halogens is 2. The molecule has 3 aromatic rings. The van der Waals surface area contributed by atoms with Crippen LogP contribution in [-0.2, 0) is 16.6 Å². The lowest BCUT2D eigenvalue weighted by Gasteiger charge is -2.07. The molecule has 2 aromatic carbocycles. The van der Waals surface area contributed by atoms with E-state index in [1.165, 1.54) is 6.07 Å². The summed E-state index contributed by atoms with van der Waals surface area (Å²) in [6.45, 7) is 1.52. The van der Waals surface area contributed by atoms with Gasteiger partial charge in [0.25, 0.3) is 5.91 Å². The molecule has 0 saturated heterocycles. The maximum atomic E-state index is 13.6. The molecule has 0 aliphatic heterocycles. The second-order valence-corrected chi connectivity index (χ2v) is 8.47. The van der Waals surface area contributed by atoms with Crippen molar-refractivity contribution in [3.63, 3.8) is 0 Å². The van der Waals surface area contributed by atoms with Gasteiger partial charge in [0, 0.05) is 6.07 Å². The molecule has 0 radical (unpaired) electrons. The first-order chi connectivity index (χ1) is 13.3. The summed E-state index contributed by atoms with van der Waals surface area (Å²) in [6.07, 6.45) is 0. The Kier molecular flexibility index (Phi) is 5.77. The van der Waals surface area contributed by atoms with Crippen molar-refractivity contribution < 1.29 is 22.0 Å². The van der Waals surface area contributed by atoms with Crippen molar-refractivity contribution in [3.8, 4) is 0 Å². The van der Waals surface area contributed by atoms with Crippen LogP contribution in [0.15, 0.2) is 47.4 Å². The van der Waals surface area contributed by atoms with Crippen LogP contribution in [0.5, 0.6) is 0 Å². The highest BCUT2D eigenvalue weighted by molar-refractivity contribution is 7.89. The Morgan fingerprint density at radius 2 is 1.89 bits per heavy atom. The van der Waals surface area contributed by atoms with Crippen LogP contribution in [0.2, 0.25) is 0 Å². The Morgan fingerprint density at radius 1 is 1.14 bits per heavy atom. The number of anilines is 1. The normalized spacial score (nSPS) is 11.4. The van der Waals surface area contributed by atoms with Gasteiger partial charge in [0.1, 0.15) is 16.6 Å². The zero-order valence-corrected chi connectivity index (χ0v) is 16.1. The number of rotatable bonds is 6. The molecule has 1 heterocycles. The minimum Gasteiger partial charge on any atom is -0.317 e. The number of aryl methyl sites for hydroxylation is 1. The number of nitrogens with zero attached hydrogens (tertiary/aromatic N) is 2. The van der Waals surface area contributed by atoms with Crippen molar-refractivity contribution in [1.29, 1.82) is 0 Å². The number of nitrogens with one attached hydrogen (secondary N) is 2. The van der Waals surface area contributed by atoms with Crippen LogP contribution in [0.3, 0.4) is 0 Å². The third-order valence-electron chi connectivity index (χ3n) is 3.64. The van der Waals surface area contributed by atoms with Crippen LogP contribution in [0.1, 0.15) is 20.4 Å². The fourth-order valence-corrected chi connectivity index (χ4v) is 4.27. The van der Waals surface area contributed by atoms with E-state index in [9.17, 15) is 22.0 Å². The summed E-state index contributed by atoms with van der Waals surface area (Å²) in [4.78, 5) is 12.3. The van der Waals surface area contributed by atoms with Crippen molar-refractivity contribution in [2.24, 2.45) is 0 Å². The van der Waals surface area contributed by atoms with Gasteiger partial charge in [-0.1, -0.05) is 29.5 Å². The van der Waals surface area contributed by atoms with E-state index in [0.717, 1.165) is 23.5 Å². The predicted molar refractivity (Wildman–Crippen MR) is 99.4 cm³/mol. The lowest BCUT2D eigenvalue weighted by molar-refractivity contribution is 0.102. The fraction of sp³-hybridized carbons (Fsp3) is 0.118. The first kappa shape index (κ1) is 20.0. The van der Waals surface area contributed by atoms with Gasteiger partial charge >= 0.3 is 0 Å². The Labute approximate surface area is 163 Å². The number of hydrogen-bond acceptors (Lipinski definition) is 6. The van der Waals surface area contributed by atoms with Crippen LogP contribution in [-0.4, -0.2) is 24.5 Å². The van der Waals surface area contributed by atoms with Gasteiger partial charge < -0.3 is 5.32 Å². The first-order valence-electron chi connectivity index (χ1n) is 7.90. The summed E-state index contributed by atoms with van der Waals surface area (Å²) in [6, 6.07) is 9.23. The number of benzene rings is 2. The number of carbonyl (C=O) groups is 1. The molecule has 1 aromatic heterocycles. The minimum atomic E-state index is -3.76. The fourth-order valence-electron chi connectivity index (χ4n) is 2.28. The molecule has 0 unspecified atom stereocenters. The molecule has 0 aliphatic carbocycles. The zero-order valence-electron chi connectivity index (χ0n) is 14.4. The molecule has 1 amide bonds. The molecule has 0 fully saturated rings. The Hall–Kier alpha value is -2.76. The summed E-state index contributed by atoms with van der Waals surface area (Å²) in [5.41, 5.74) is 0.386. The van der Waals surface area contributed by atoms with E-state index in [0.29, 0.717) is 11.6 Å². The molecule has 146 valence electrons. The molecule has 11 heteroatoms. The topological polar surface area (TPSA) is 101 Å². The van der Waals surface area contributed by atoms with E-state index < -0.39 is 27.6 Å². The van der Waals surface area contributed by atoms with Gasteiger partial charge in [0.05, 0.1) is 17.1 Å². The van der Waals surface area contributed by atoms with E-state index in [4.69, 9.17) is 0 Å². The van der Waals surface area contributed by atoms with Crippen LogP contribution in [0.25, 0.3) is 0 Å². The average molecular weight is 424 g/mol. The van der Waals surface area contributed by atoms with Crippen LogP contribution in [0, 0.1) is 18.6 Å². The standard InChI is InChI=1S/C17H14F2N4O3S2/c1-10-4-2-3-5-14(10)28(25,26)20-9-15-22-23-17(27-15)16(24)21-13-7-6-11(18)8-12(13)19/h2-8,20H,9H2,1H3,(H,21,24). The molecule has 7 nitrogen and oxygen atoms in total. The number of carbonyl (C=O) groups excluding carboxylic acids is 1. The summed E-state index contributed by atoms with van der Waals surface area (Å²) < 4.78 is 53.7. The lowest BCUT2D eigenvalue weighted by Crippen LogP contribution is -2.23. The maximum absolute atomic E-state index is 13.6. The third-order valence-corrected chi connectivity index (χ3v) is 6.12. The first-order valence-corrected chi connectivity index (χ1v) is 10.2. The maximum Gasteiger partial charge on any atom is 0.286 e. The second kappa shape index (κ2) is 8.09. The molecule has 3 rings (SSSR count). The number of amides is 1. The van der Waals surface area contributed by atoms with Crippen LogP contribution in [0.4, 0.5) is 14.5 Å². The van der Waals surface area contributed by atoms with Crippen LogP contribution < -0.4 is 10.0 Å². The van der Waals surface area contributed by atoms with Crippen molar-refractivity contribution in [2.75, 3.05) is 5.32 Å². The van der Waals surface area contributed by atoms with E-state index in [2.05, 4.69) is 20.2 Å². The average Bonchev–Trinajstić information content (AvgIpc) is 3.12. The summed E-state index contributed by atoms with van der Waals surface area (Å²) >= 11 is 0.852. The number of hydrogen-bond donors (Lipinski definition) is 2. The van der Waals surface area contributed by atoms with E-state index >= 15 is 0 Å². The molecule has 0 spiro atoms. The number of sulfonamides is 1. The molecule has 0 bridgehead atoms. The molecular formula is C17H14F2N4O3S2. The summed E-state index contributed by atoms with van der Waals surface area (Å²) in [5, 5.41) is 9.86. The monoisotopic (exact) mass is 424 g/mol. The highest BCUT2D eigenvalue weighted by Crippen LogP contribution is 2.18. The lowest BCUT2D eigenvalue weighted by atomic mass is 10.2. The van der Waals surface area contributed by atoms with Gasteiger partial charge in [-0.2, -0.15) is 0 Å². The van der Waals surface area contributed by atoms with E-state index in [1.54, 1.807) is 25.1 Å². The van der Waals surface area contributed by atoms with Crippen molar-refractivity contribution in [2.45, 2.75) is 18.4 Å². The van der Waals surface area contributed by atoms with Gasteiger partial charge in [-0.25, -0.2) is 21.9 Å². The quantitative estimate of drug-likeness (QED) is 0.634. The van der Waals surface area contributed by atoms with Gasteiger partial charge in [-0.3, -0.25) is 4.79 Å². The van der Waals surface area contributed by atoms with E-state index in [1.807, 2.05) is 0 Å². The van der Waals surface area contributed by atoms with Gasteiger partial charge in [0.2, 0.25) is 15.0 Å². The highest BCUT2D eigenvalue weighted by atomic mass is 32.2. The molecule has 0 saturated carbocycles. The Morgan fingerprint density at radius 3 is 2.61 bits per heavy atom. The predicted octanol–water partition coefficient (Wildman–Crippen LogP) is 2.86. The molecular weight excluding hydrogens is 410 g/mol. The second-order valence-electron chi connectivity index (χ2n) is 5.67. The van der Waals surface area contributed by atoms with Crippen LogP contribution >= 0.6 is 11.3 Å². The van der Waals surface area contributed by atoms with E-state index in [-0.39, 0.29) is 27.1 Å². The molecule has 28 heavy (non-hydrogen) atoms. The molecule has 2 N–H and O–H groups in total. The number of aromatic nitrogens is 2. The van der Waals surface area contributed by atoms with Crippen molar-refractivity contribution >= 4 is 33.0 Å². The largest absolute Gasteiger partial charge is 0.317 e. The van der Waals surface area contributed by atoms with Gasteiger partial charge in [-0.15, -0.1) is 10.2 Å². The van der Waals surface area contributed by atoms with Gasteiger partial charge in [-0.05, 0) is 30.7 Å². The summed E-state index contributed by atoms with van der Waals surface area (Å²) in [7, 11) is -3.76. The Balaban J connectivity index is 1.67. The molecule has 0 aliphatic rings. The zero-order chi connectivity index (χ0) is 20.3. The van der Waals surface area contributed by atoms with Crippen molar-refractivity contribution in [1.82, 2.24) is 14.9 Å². The smallest absolute Gasteiger partial charge is 0.286 e. The van der Waals surface area contributed by atoms with Crippen molar-refractivity contribution in [3.05, 3.63) is 69.7 Å². The van der Waals surface area contributed by atoms with Gasteiger partial charge in [0.15, 0.2) is 0 Å². The molecule has 0 atom stereocenters. The minimum absolute atomic E-state index is 0.0891. The SMILES string of the molecule is Cc1ccccc1S(=O)(=O)NCc1nnc(C(=O)Nc2ccc(F)cc2F)s1. The Bertz CT molecular complexity index is 1130.